The third kappa shape index (κ3) is 3.98. The summed E-state index contributed by atoms with van der Waals surface area (Å²) in [4.78, 5) is 3.09. The number of hydrogen-bond acceptors (Lipinski definition) is 4. The Morgan fingerprint density at radius 3 is 1.94 bits per heavy atom. The highest BCUT2D eigenvalue weighted by atomic mass is 19.4. The van der Waals surface area contributed by atoms with Crippen molar-refractivity contribution in [2.24, 2.45) is 0 Å². The summed E-state index contributed by atoms with van der Waals surface area (Å²) < 4.78 is 133. The van der Waals surface area contributed by atoms with Crippen molar-refractivity contribution < 1.29 is 48.8 Å². The van der Waals surface area contributed by atoms with Crippen LogP contribution in [0.2, 0.25) is 0 Å². The summed E-state index contributed by atoms with van der Waals surface area (Å²) in [6.45, 7) is 1.25. The molecule has 0 unspecified atom stereocenters. The molecular weight excluding hydrogens is 459 g/mol. The molecule has 3 aromatic rings. The lowest BCUT2D eigenvalue weighted by atomic mass is 9.90. The summed E-state index contributed by atoms with van der Waals surface area (Å²) in [5.41, 5.74) is -8.19. The van der Waals surface area contributed by atoms with Crippen LogP contribution in [0.15, 0.2) is 34.9 Å². The SMILES string of the molecule is COc1ccc(-c2nc(F)c(C(F)(F)F)c(C(F)(F)C(F)(F)F)c2-c2cc(C)no2)cc1. The highest BCUT2D eigenvalue weighted by Gasteiger charge is 2.63. The quantitative estimate of drug-likeness (QED) is 0.321. The Morgan fingerprint density at radius 1 is 0.906 bits per heavy atom. The third-order valence-corrected chi connectivity index (χ3v) is 4.34. The smallest absolute Gasteiger partial charge is 0.458 e. The Labute approximate surface area is 173 Å². The molecule has 0 aliphatic heterocycles. The van der Waals surface area contributed by atoms with E-state index in [4.69, 9.17) is 9.26 Å². The molecule has 0 saturated heterocycles. The van der Waals surface area contributed by atoms with Gasteiger partial charge in [0.25, 0.3) is 0 Å². The zero-order chi connectivity index (χ0) is 24.1. The molecule has 2 aromatic heterocycles. The van der Waals surface area contributed by atoms with Crippen LogP contribution >= 0.6 is 0 Å². The van der Waals surface area contributed by atoms with Gasteiger partial charge in [0.2, 0.25) is 5.95 Å². The summed E-state index contributed by atoms with van der Waals surface area (Å²) >= 11 is 0. The number of aromatic nitrogens is 2. The monoisotopic (exact) mass is 470 g/mol. The lowest BCUT2D eigenvalue weighted by Gasteiger charge is -2.26. The Morgan fingerprint density at radius 2 is 1.50 bits per heavy atom. The molecule has 4 nitrogen and oxygen atoms in total. The van der Waals surface area contributed by atoms with E-state index < -0.39 is 52.4 Å². The number of pyridine rings is 1. The molecule has 32 heavy (non-hydrogen) atoms. The molecule has 2 heterocycles. The highest BCUT2D eigenvalue weighted by Crippen LogP contribution is 2.53. The van der Waals surface area contributed by atoms with Gasteiger partial charge in [0.05, 0.1) is 29.6 Å². The van der Waals surface area contributed by atoms with Crippen LogP contribution in [0, 0.1) is 12.9 Å². The van der Waals surface area contributed by atoms with Crippen LogP contribution in [-0.4, -0.2) is 23.4 Å². The van der Waals surface area contributed by atoms with Crippen molar-refractivity contribution in [3.63, 3.8) is 0 Å². The van der Waals surface area contributed by atoms with Gasteiger partial charge in [-0.05, 0) is 31.2 Å². The number of benzene rings is 1. The minimum atomic E-state index is -6.50. The first kappa shape index (κ1) is 23.4. The van der Waals surface area contributed by atoms with Crippen LogP contribution in [0.5, 0.6) is 5.75 Å². The van der Waals surface area contributed by atoms with Gasteiger partial charge >= 0.3 is 18.3 Å². The fourth-order valence-electron chi connectivity index (χ4n) is 2.95. The topological polar surface area (TPSA) is 48.2 Å². The Balaban J connectivity index is 2.54. The summed E-state index contributed by atoms with van der Waals surface area (Å²) in [7, 11) is 1.27. The van der Waals surface area contributed by atoms with Crippen LogP contribution in [0.1, 0.15) is 16.8 Å². The second kappa shape index (κ2) is 7.71. The first-order chi connectivity index (χ1) is 14.7. The van der Waals surface area contributed by atoms with Crippen LogP contribution in [-0.2, 0) is 12.1 Å². The average molecular weight is 470 g/mol. The van der Waals surface area contributed by atoms with E-state index in [0.29, 0.717) is 0 Å². The number of ether oxygens (including phenoxy) is 1. The lowest BCUT2D eigenvalue weighted by Crippen LogP contribution is -2.37. The van der Waals surface area contributed by atoms with Gasteiger partial charge in [0.1, 0.15) is 11.3 Å². The predicted octanol–water partition coefficient (Wildman–Crippen LogP) is 6.53. The highest BCUT2D eigenvalue weighted by molar-refractivity contribution is 5.82. The first-order valence-corrected chi connectivity index (χ1v) is 8.52. The molecule has 0 radical (unpaired) electrons. The molecule has 0 saturated carbocycles. The largest absolute Gasteiger partial charge is 0.497 e. The van der Waals surface area contributed by atoms with Gasteiger partial charge in [-0.15, -0.1) is 0 Å². The molecule has 3 rings (SSSR count). The van der Waals surface area contributed by atoms with E-state index in [1.807, 2.05) is 0 Å². The average Bonchev–Trinajstić information content (AvgIpc) is 3.11. The summed E-state index contributed by atoms with van der Waals surface area (Å²) in [5, 5.41) is 3.33. The normalized spacial score (nSPS) is 12.8. The zero-order valence-electron chi connectivity index (χ0n) is 16.0. The van der Waals surface area contributed by atoms with Crippen molar-refractivity contribution in [3.8, 4) is 28.3 Å². The summed E-state index contributed by atoms with van der Waals surface area (Å²) in [5.74, 6) is -9.34. The Kier molecular flexibility index (Phi) is 5.64. The number of hydrogen-bond donors (Lipinski definition) is 0. The number of aryl methyl sites for hydroxylation is 1. The van der Waals surface area contributed by atoms with Gasteiger partial charge in [-0.1, -0.05) is 5.16 Å². The number of methoxy groups -OCH3 is 1. The first-order valence-electron chi connectivity index (χ1n) is 8.52. The number of rotatable bonds is 4. The van der Waals surface area contributed by atoms with E-state index in [9.17, 15) is 39.5 Å². The van der Waals surface area contributed by atoms with Gasteiger partial charge in [0, 0.05) is 11.6 Å². The molecule has 1 aromatic carbocycles. The van der Waals surface area contributed by atoms with Crippen molar-refractivity contribution in [2.45, 2.75) is 25.2 Å². The second-order valence-electron chi connectivity index (χ2n) is 6.51. The van der Waals surface area contributed by atoms with Crippen molar-refractivity contribution in [1.29, 1.82) is 0 Å². The van der Waals surface area contributed by atoms with Gasteiger partial charge < -0.3 is 9.26 Å². The summed E-state index contributed by atoms with van der Waals surface area (Å²) in [6, 6.07) is 5.47. The minimum Gasteiger partial charge on any atom is -0.497 e. The molecule has 0 atom stereocenters. The van der Waals surface area contributed by atoms with Gasteiger partial charge in [-0.25, -0.2) is 4.98 Å². The standard InChI is InChI=1S/C19H11F9N2O2/c1-8-7-11(32-30-8)12-13(17(21,22)19(26,27)28)14(18(23,24)25)16(20)29-15(12)9-3-5-10(31-2)6-4-9/h3-7H,1-2H3. The van der Waals surface area contributed by atoms with E-state index in [-0.39, 0.29) is 17.0 Å². The maximum Gasteiger partial charge on any atom is 0.458 e. The van der Waals surface area contributed by atoms with Gasteiger partial charge in [0.15, 0.2) is 5.76 Å². The maximum absolute atomic E-state index is 14.5. The number of halogens is 9. The van der Waals surface area contributed by atoms with Crippen molar-refractivity contribution in [3.05, 3.63) is 53.1 Å². The van der Waals surface area contributed by atoms with Crippen molar-refractivity contribution in [1.82, 2.24) is 10.1 Å². The summed E-state index contributed by atoms with van der Waals surface area (Å²) in [6.07, 6.45) is -12.4. The van der Waals surface area contributed by atoms with Crippen LogP contribution < -0.4 is 4.74 Å². The van der Waals surface area contributed by atoms with Crippen LogP contribution in [0.4, 0.5) is 39.5 Å². The minimum absolute atomic E-state index is 0.0418. The van der Waals surface area contributed by atoms with E-state index in [2.05, 4.69) is 10.1 Å². The molecule has 0 fully saturated rings. The number of nitrogens with zero attached hydrogens (tertiary/aromatic N) is 2. The molecular formula is C19H11F9N2O2. The fourth-order valence-corrected chi connectivity index (χ4v) is 2.95. The molecule has 0 amide bonds. The fraction of sp³-hybridized carbons (Fsp3) is 0.263. The van der Waals surface area contributed by atoms with E-state index in [1.54, 1.807) is 0 Å². The van der Waals surface area contributed by atoms with Gasteiger partial charge in [-0.2, -0.15) is 39.5 Å². The Bertz CT molecular complexity index is 1130. The lowest BCUT2D eigenvalue weighted by molar-refractivity contribution is -0.291. The third-order valence-electron chi connectivity index (χ3n) is 4.34. The second-order valence-corrected chi connectivity index (χ2v) is 6.51. The molecule has 0 bridgehead atoms. The molecule has 172 valence electrons. The zero-order valence-corrected chi connectivity index (χ0v) is 16.0. The van der Waals surface area contributed by atoms with Crippen LogP contribution in [0.3, 0.4) is 0 Å². The van der Waals surface area contributed by atoms with E-state index in [1.165, 1.54) is 26.2 Å². The molecule has 0 aliphatic carbocycles. The molecule has 0 N–H and O–H groups in total. The number of alkyl halides is 8. The van der Waals surface area contributed by atoms with Crippen molar-refractivity contribution in [2.75, 3.05) is 7.11 Å². The van der Waals surface area contributed by atoms with Crippen LogP contribution in [0.25, 0.3) is 22.6 Å². The van der Waals surface area contributed by atoms with E-state index in [0.717, 1.165) is 18.2 Å². The molecule has 13 heteroatoms. The molecule has 0 aliphatic rings. The Hall–Kier alpha value is -3.25. The molecule has 0 spiro atoms. The maximum atomic E-state index is 14.5. The van der Waals surface area contributed by atoms with Gasteiger partial charge in [-0.3, -0.25) is 0 Å². The van der Waals surface area contributed by atoms with Crippen molar-refractivity contribution >= 4 is 0 Å². The van der Waals surface area contributed by atoms with E-state index >= 15 is 0 Å². The predicted molar refractivity (Wildman–Crippen MR) is 91.4 cm³/mol.